The molecule has 5 aliphatic rings. The van der Waals surface area contributed by atoms with Gasteiger partial charge in [0.2, 0.25) is 17.7 Å². The molecule has 2 unspecified atom stereocenters. The molecule has 5 aliphatic heterocycles. The van der Waals surface area contributed by atoms with Gasteiger partial charge in [0.25, 0.3) is 11.8 Å². The SMILES string of the molecule is CCC(NC1CCN(CCCNC(=O)CNc2cccc3c2C(=O)N(C2CCC(=O)NC2=O)C3=O)CC1)c1cc(OC)c(OCCCN2CCCC2)cc1N=C(N)N1CCC(F)(F)NC1. The lowest BCUT2D eigenvalue weighted by Gasteiger charge is -2.35. The highest BCUT2D eigenvalue weighted by molar-refractivity contribution is 6.25. The summed E-state index contributed by atoms with van der Waals surface area (Å²) in [5.41, 5.74) is 8.50. The smallest absolute Gasteiger partial charge is 0.305 e. The number of aliphatic imine (C=N–C) groups is 1. The van der Waals surface area contributed by atoms with Gasteiger partial charge in [0.1, 0.15) is 6.04 Å². The number of halogens is 2. The minimum absolute atomic E-state index is 0.0237. The van der Waals surface area contributed by atoms with E-state index in [1.165, 1.54) is 18.9 Å². The van der Waals surface area contributed by atoms with Gasteiger partial charge in [-0.1, -0.05) is 13.0 Å². The highest BCUT2D eigenvalue weighted by Crippen LogP contribution is 2.40. The fourth-order valence-electron chi connectivity index (χ4n) is 9.20. The number of hydrogen-bond donors (Lipinski definition) is 6. The number of nitrogens with one attached hydrogen (secondary N) is 5. The largest absolute Gasteiger partial charge is 0.493 e. The molecular formula is C45H63F2N11O7. The second-order valence-corrected chi connectivity index (χ2v) is 17.3. The maximum atomic E-state index is 13.9. The number of likely N-dealkylation sites (tertiary alicyclic amines) is 2. The summed E-state index contributed by atoms with van der Waals surface area (Å²) < 4.78 is 39.9. The van der Waals surface area contributed by atoms with E-state index in [0.29, 0.717) is 36.0 Å². The van der Waals surface area contributed by atoms with Crippen molar-refractivity contribution < 1.29 is 42.2 Å². The number of nitrogens with zero attached hydrogens (tertiary/aromatic N) is 5. The predicted molar refractivity (Wildman–Crippen MR) is 239 cm³/mol. The van der Waals surface area contributed by atoms with Crippen LogP contribution in [0.1, 0.15) is 103 Å². The van der Waals surface area contributed by atoms with E-state index in [4.69, 9.17) is 20.2 Å². The van der Waals surface area contributed by atoms with E-state index in [9.17, 15) is 32.8 Å². The van der Waals surface area contributed by atoms with E-state index in [-0.39, 0.29) is 74.1 Å². The summed E-state index contributed by atoms with van der Waals surface area (Å²) in [6.07, 6.45) is 6.31. The van der Waals surface area contributed by atoms with Gasteiger partial charge in [-0.05, 0) is 108 Å². The summed E-state index contributed by atoms with van der Waals surface area (Å²) in [6.45, 7) is 8.60. The number of ether oxygens (including phenoxy) is 2. The average molecular weight is 908 g/mol. The van der Waals surface area contributed by atoms with E-state index in [1.54, 1.807) is 24.1 Å². The third kappa shape index (κ3) is 11.9. The van der Waals surface area contributed by atoms with Crippen molar-refractivity contribution in [1.82, 2.24) is 40.9 Å². The zero-order chi connectivity index (χ0) is 46.1. The Kier molecular flexibility index (Phi) is 15.9. The molecule has 7 N–H and O–H groups in total. The summed E-state index contributed by atoms with van der Waals surface area (Å²) in [7, 11) is 1.61. The summed E-state index contributed by atoms with van der Waals surface area (Å²) in [5.74, 6) is -1.38. The predicted octanol–water partition coefficient (Wildman–Crippen LogP) is 2.88. The molecule has 354 valence electrons. The molecule has 0 spiro atoms. The van der Waals surface area contributed by atoms with Crippen molar-refractivity contribution in [3.63, 3.8) is 0 Å². The number of carbonyl (C=O) groups excluding carboxylic acids is 5. The van der Waals surface area contributed by atoms with E-state index >= 15 is 0 Å². The molecule has 4 fully saturated rings. The van der Waals surface area contributed by atoms with E-state index in [0.717, 1.165) is 81.8 Å². The van der Waals surface area contributed by atoms with Crippen LogP contribution in [0, 0.1) is 0 Å². The van der Waals surface area contributed by atoms with Crippen molar-refractivity contribution in [3.8, 4) is 11.5 Å². The first-order valence-electron chi connectivity index (χ1n) is 23.0. The van der Waals surface area contributed by atoms with Gasteiger partial charge in [-0.25, -0.2) is 10.3 Å². The molecule has 0 aromatic heterocycles. The number of alkyl halides is 2. The zero-order valence-corrected chi connectivity index (χ0v) is 37.4. The lowest BCUT2D eigenvalue weighted by atomic mass is 9.97. The molecule has 7 rings (SSSR count). The van der Waals surface area contributed by atoms with Crippen LogP contribution in [0.5, 0.6) is 11.5 Å². The van der Waals surface area contributed by atoms with Gasteiger partial charge in [0, 0.05) is 56.3 Å². The molecule has 5 amide bonds. The van der Waals surface area contributed by atoms with Gasteiger partial charge in [-0.2, -0.15) is 8.78 Å². The van der Waals surface area contributed by atoms with Gasteiger partial charge in [0.05, 0.1) is 43.7 Å². The van der Waals surface area contributed by atoms with Crippen molar-refractivity contribution in [1.29, 1.82) is 0 Å². The molecule has 18 nitrogen and oxygen atoms in total. The molecule has 4 saturated heterocycles. The first-order chi connectivity index (χ1) is 31.3. The Morgan fingerprint density at radius 3 is 2.45 bits per heavy atom. The number of fused-ring (bicyclic) bond motifs is 1. The van der Waals surface area contributed by atoms with Gasteiger partial charge in [0.15, 0.2) is 17.5 Å². The fourth-order valence-corrected chi connectivity index (χ4v) is 9.20. The van der Waals surface area contributed by atoms with Crippen LogP contribution in [0.2, 0.25) is 0 Å². The number of hydrogen-bond acceptors (Lipinski definition) is 13. The number of piperidine rings is 2. The Labute approximate surface area is 378 Å². The van der Waals surface area contributed by atoms with E-state index in [2.05, 4.69) is 43.3 Å². The Bertz CT molecular complexity index is 2080. The van der Waals surface area contributed by atoms with Crippen LogP contribution >= 0.6 is 0 Å². The quantitative estimate of drug-likeness (QED) is 0.0394. The Hall–Kier alpha value is -5.44. The van der Waals surface area contributed by atoms with Crippen LogP contribution in [-0.2, 0) is 14.4 Å². The summed E-state index contributed by atoms with van der Waals surface area (Å²) in [5, 5.41) is 14.2. The van der Waals surface area contributed by atoms with Crippen LogP contribution in [0.15, 0.2) is 35.3 Å². The maximum absolute atomic E-state index is 13.9. The monoisotopic (exact) mass is 907 g/mol. The molecule has 0 saturated carbocycles. The van der Waals surface area contributed by atoms with Crippen molar-refractivity contribution in [2.75, 3.05) is 84.6 Å². The van der Waals surface area contributed by atoms with Gasteiger partial charge in [-0.15, -0.1) is 0 Å². The summed E-state index contributed by atoms with van der Waals surface area (Å²) in [4.78, 5) is 75.6. The average Bonchev–Trinajstić information content (AvgIpc) is 3.91. The molecule has 65 heavy (non-hydrogen) atoms. The van der Waals surface area contributed by atoms with Gasteiger partial charge >= 0.3 is 6.05 Å². The third-order valence-corrected chi connectivity index (χ3v) is 12.9. The molecule has 0 aliphatic carbocycles. The van der Waals surface area contributed by atoms with Gasteiger partial charge in [-0.3, -0.25) is 34.2 Å². The van der Waals surface area contributed by atoms with Crippen LogP contribution in [0.3, 0.4) is 0 Å². The number of amides is 5. The molecule has 2 aromatic rings. The topological polar surface area (TPSA) is 215 Å². The number of methoxy groups -OCH3 is 1. The van der Waals surface area contributed by atoms with Crippen LogP contribution in [-0.4, -0.2) is 153 Å². The molecule has 0 bridgehead atoms. The lowest BCUT2D eigenvalue weighted by molar-refractivity contribution is -0.136. The number of nitrogens with two attached hydrogens (primary N) is 1. The standard InChI is InChI=1S/C45H63F2N11O7/c1-3-32(31-25-36(64-2)37(65-24-8-20-55-17-4-5-18-55)26-34(31)53-44(48)57-23-15-45(46,47)51-28-57)52-29-13-21-56(22-14-29)19-7-16-49-39(60)27-50-33-10-6-9-30-40(33)43(63)58(42(30)62)35-11-12-38(59)54-41(35)61/h6,9-10,25-26,29,32,35,50-52H,3-5,7-8,11-24,27-28H2,1-2H3,(H2,48,53)(H,49,60)(H,54,59,61). The van der Waals surface area contributed by atoms with Crippen LogP contribution in [0.4, 0.5) is 20.2 Å². The highest BCUT2D eigenvalue weighted by Gasteiger charge is 2.45. The number of carbonyl (C=O) groups is 5. The first-order valence-corrected chi connectivity index (χ1v) is 23.0. The second-order valence-electron chi connectivity index (χ2n) is 17.3. The highest BCUT2D eigenvalue weighted by atomic mass is 19.3. The van der Waals surface area contributed by atoms with Crippen LogP contribution in [0.25, 0.3) is 0 Å². The maximum Gasteiger partial charge on any atom is 0.305 e. The summed E-state index contributed by atoms with van der Waals surface area (Å²) in [6, 6.07) is 4.60. The minimum atomic E-state index is -2.95. The number of rotatable bonds is 19. The fraction of sp³-hybridized carbons (Fsp3) is 0.600. The molecular weight excluding hydrogens is 845 g/mol. The second kappa shape index (κ2) is 21.7. The van der Waals surface area contributed by atoms with E-state index in [1.807, 2.05) is 12.1 Å². The molecule has 0 radical (unpaired) electrons. The Morgan fingerprint density at radius 2 is 1.74 bits per heavy atom. The molecule has 2 atom stereocenters. The lowest BCUT2D eigenvalue weighted by Crippen LogP contribution is -2.55. The van der Waals surface area contributed by atoms with Crippen molar-refractivity contribution in [2.24, 2.45) is 10.7 Å². The van der Waals surface area contributed by atoms with Crippen molar-refractivity contribution in [3.05, 3.63) is 47.0 Å². The molecule has 20 heteroatoms. The zero-order valence-electron chi connectivity index (χ0n) is 37.4. The number of guanidine groups is 1. The Balaban J connectivity index is 0.888. The van der Waals surface area contributed by atoms with Crippen molar-refractivity contribution in [2.45, 2.75) is 95.3 Å². The summed E-state index contributed by atoms with van der Waals surface area (Å²) >= 11 is 0. The first kappa shape index (κ1) is 47.5. The molecule has 5 heterocycles. The Morgan fingerprint density at radius 1 is 0.985 bits per heavy atom. The number of imide groups is 2. The minimum Gasteiger partial charge on any atom is -0.493 e. The van der Waals surface area contributed by atoms with Crippen molar-refractivity contribution >= 4 is 46.9 Å². The number of benzene rings is 2. The molecule has 2 aromatic carbocycles. The van der Waals surface area contributed by atoms with E-state index < -0.39 is 35.7 Å². The third-order valence-electron chi connectivity index (χ3n) is 12.9. The van der Waals surface area contributed by atoms with Crippen LogP contribution < -0.4 is 41.8 Å². The van der Waals surface area contributed by atoms with Gasteiger partial charge < -0.3 is 45.9 Å². The normalized spacial score (nSPS) is 21.4. The number of anilines is 1.